The van der Waals surface area contributed by atoms with E-state index in [1.165, 1.54) is 0 Å². The van der Waals surface area contributed by atoms with Gasteiger partial charge in [-0.3, -0.25) is 0 Å². The van der Waals surface area contributed by atoms with Gasteiger partial charge in [0.05, 0.1) is 19.3 Å². The summed E-state index contributed by atoms with van der Waals surface area (Å²) in [5.41, 5.74) is 1.57. The Morgan fingerprint density at radius 1 is 1.05 bits per heavy atom. The molecule has 0 saturated heterocycles. The predicted molar refractivity (Wildman–Crippen MR) is 68.8 cm³/mol. The highest BCUT2D eigenvalue weighted by atomic mass is 19.1. The minimum absolute atomic E-state index is 0.299. The molecule has 1 aliphatic heterocycles. The molecule has 3 rings (SSSR count). The van der Waals surface area contributed by atoms with Gasteiger partial charge in [-0.2, -0.15) is 0 Å². The van der Waals surface area contributed by atoms with Crippen LogP contribution < -0.4 is 5.32 Å². The minimum Gasteiger partial charge on any atom is -0.374 e. The summed E-state index contributed by atoms with van der Waals surface area (Å²) in [6, 6.07) is 8.46. The van der Waals surface area contributed by atoms with Gasteiger partial charge < -0.3 is 10.1 Å². The summed E-state index contributed by atoms with van der Waals surface area (Å²) in [5, 5.41) is 2.76. The fourth-order valence-electron chi connectivity index (χ4n) is 2.36. The van der Waals surface area contributed by atoms with Gasteiger partial charge in [0.2, 0.25) is 0 Å². The van der Waals surface area contributed by atoms with Crippen molar-refractivity contribution in [2.75, 3.05) is 11.9 Å². The summed E-state index contributed by atoms with van der Waals surface area (Å²) in [7, 11) is 0. The molecule has 104 valence electrons. The van der Waals surface area contributed by atoms with Crippen molar-refractivity contribution in [2.45, 2.75) is 12.6 Å². The van der Waals surface area contributed by atoms with E-state index in [-0.39, 0.29) is 11.7 Å². The third-order valence-electron chi connectivity index (χ3n) is 3.30. The first-order valence-electron chi connectivity index (χ1n) is 6.22. The van der Waals surface area contributed by atoms with Gasteiger partial charge in [-0.25, -0.2) is 13.2 Å². The van der Waals surface area contributed by atoms with Crippen molar-refractivity contribution in [3.05, 3.63) is 65.0 Å². The Labute approximate surface area is 114 Å². The van der Waals surface area contributed by atoms with E-state index in [4.69, 9.17) is 4.74 Å². The summed E-state index contributed by atoms with van der Waals surface area (Å²) in [6.45, 7) is 0.774. The Morgan fingerprint density at radius 2 is 1.75 bits per heavy atom. The highest BCUT2D eigenvalue weighted by Gasteiger charge is 2.23. The lowest BCUT2D eigenvalue weighted by Gasteiger charge is -2.27. The molecule has 1 aliphatic rings. The van der Waals surface area contributed by atoms with Crippen LogP contribution in [0.1, 0.15) is 17.2 Å². The third-order valence-corrected chi connectivity index (χ3v) is 3.30. The van der Waals surface area contributed by atoms with Gasteiger partial charge in [-0.15, -0.1) is 0 Å². The maximum atomic E-state index is 13.7. The first-order chi connectivity index (χ1) is 9.65. The van der Waals surface area contributed by atoms with E-state index < -0.39 is 17.5 Å². The van der Waals surface area contributed by atoms with Crippen LogP contribution in [-0.4, -0.2) is 6.61 Å². The van der Waals surface area contributed by atoms with Crippen LogP contribution in [0.25, 0.3) is 0 Å². The van der Waals surface area contributed by atoms with Gasteiger partial charge in [0.25, 0.3) is 0 Å². The summed E-state index contributed by atoms with van der Waals surface area (Å²) in [6.07, 6.45) is 0. The standard InChI is InChI=1S/C15H12F3NO/c16-10-5-12(17)15(13(18)6-10)19-14-8-20-7-9-3-1-2-4-11(9)14/h1-6,14,19H,7-8H2. The lowest BCUT2D eigenvalue weighted by atomic mass is 9.99. The molecular weight excluding hydrogens is 267 g/mol. The number of benzene rings is 2. The maximum absolute atomic E-state index is 13.7. The van der Waals surface area contributed by atoms with E-state index in [1.54, 1.807) is 0 Å². The normalized spacial score (nSPS) is 17.6. The molecule has 5 heteroatoms. The second kappa shape index (κ2) is 5.17. The molecule has 0 fully saturated rings. The highest BCUT2D eigenvalue weighted by molar-refractivity contribution is 5.49. The van der Waals surface area contributed by atoms with Gasteiger partial charge in [-0.1, -0.05) is 24.3 Å². The van der Waals surface area contributed by atoms with Gasteiger partial charge in [0.15, 0.2) is 11.6 Å². The first kappa shape index (κ1) is 13.0. The van der Waals surface area contributed by atoms with Crippen LogP contribution in [0.2, 0.25) is 0 Å². The van der Waals surface area contributed by atoms with E-state index in [9.17, 15) is 13.2 Å². The second-order valence-corrected chi connectivity index (χ2v) is 4.66. The zero-order valence-electron chi connectivity index (χ0n) is 10.5. The van der Waals surface area contributed by atoms with E-state index in [1.807, 2.05) is 24.3 Å². The topological polar surface area (TPSA) is 21.3 Å². The van der Waals surface area contributed by atoms with E-state index in [0.717, 1.165) is 11.1 Å². The first-order valence-corrected chi connectivity index (χ1v) is 6.22. The summed E-state index contributed by atoms with van der Waals surface area (Å²) in [5.74, 6) is -2.85. The predicted octanol–water partition coefficient (Wildman–Crippen LogP) is 3.79. The van der Waals surface area contributed by atoms with Crippen LogP contribution in [0.5, 0.6) is 0 Å². The Morgan fingerprint density at radius 3 is 2.50 bits per heavy atom. The van der Waals surface area contributed by atoms with Gasteiger partial charge >= 0.3 is 0 Å². The van der Waals surface area contributed by atoms with Crippen molar-refractivity contribution in [1.82, 2.24) is 0 Å². The molecular formula is C15H12F3NO. The maximum Gasteiger partial charge on any atom is 0.152 e. The summed E-state index contributed by atoms with van der Waals surface area (Å²) in [4.78, 5) is 0. The molecule has 20 heavy (non-hydrogen) atoms. The molecule has 0 saturated carbocycles. The minimum atomic E-state index is -0.953. The van der Waals surface area contributed by atoms with E-state index in [0.29, 0.717) is 25.3 Å². The Kier molecular flexibility index (Phi) is 3.36. The zero-order valence-corrected chi connectivity index (χ0v) is 10.5. The summed E-state index contributed by atoms with van der Waals surface area (Å²) < 4.78 is 45.6. The Balaban J connectivity index is 1.94. The molecule has 1 N–H and O–H groups in total. The zero-order chi connectivity index (χ0) is 14.1. The number of fused-ring (bicyclic) bond motifs is 1. The van der Waals surface area contributed by atoms with Crippen LogP contribution in [0.3, 0.4) is 0 Å². The lowest BCUT2D eigenvalue weighted by Crippen LogP contribution is -2.24. The molecule has 0 bridgehead atoms. The fourth-order valence-corrected chi connectivity index (χ4v) is 2.36. The molecule has 0 amide bonds. The lowest BCUT2D eigenvalue weighted by molar-refractivity contribution is 0.0968. The number of hydrogen-bond acceptors (Lipinski definition) is 2. The number of hydrogen-bond donors (Lipinski definition) is 1. The monoisotopic (exact) mass is 279 g/mol. The second-order valence-electron chi connectivity index (χ2n) is 4.66. The molecule has 1 heterocycles. The quantitative estimate of drug-likeness (QED) is 0.903. The number of rotatable bonds is 2. The largest absolute Gasteiger partial charge is 0.374 e. The fraction of sp³-hybridized carbons (Fsp3) is 0.200. The Hall–Kier alpha value is -2.01. The number of ether oxygens (including phenoxy) is 1. The Bertz CT molecular complexity index is 622. The van der Waals surface area contributed by atoms with Crippen molar-refractivity contribution in [3.8, 4) is 0 Å². The van der Waals surface area contributed by atoms with Crippen LogP contribution in [0, 0.1) is 17.5 Å². The molecule has 0 aliphatic carbocycles. The van der Waals surface area contributed by atoms with Crippen molar-refractivity contribution in [1.29, 1.82) is 0 Å². The number of halogens is 3. The van der Waals surface area contributed by atoms with Crippen molar-refractivity contribution >= 4 is 5.69 Å². The molecule has 0 spiro atoms. The van der Waals surface area contributed by atoms with Gasteiger partial charge in [0, 0.05) is 12.1 Å². The molecule has 0 aromatic heterocycles. The van der Waals surface area contributed by atoms with E-state index >= 15 is 0 Å². The molecule has 1 atom stereocenters. The van der Waals surface area contributed by atoms with Crippen LogP contribution in [0.4, 0.5) is 18.9 Å². The average Bonchev–Trinajstić information content (AvgIpc) is 2.43. The van der Waals surface area contributed by atoms with Crippen LogP contribution >= 0.6 is 0 Å². The van der Waals surface area contributed by atoms with Gasteiger partial charge in [0.1, 0.15) is 11.5 Å². The van der Waals surface area contributed by atoms with Crippen LogP contribution in [0.15, 0.2) is 36.4 Å². The summed E-state index contributed by atoms with van der Waals surface area (Å²) >= 11 is 0. The van der Waals surface area contributed by atoms with Crippen molar-refractivity contribution in [3.63, 3.8) is 0 Å². The van der Waals surface area contributed by atoms with Crippen LogP contribution in [-0.2, 0) is 11.3 Å². The third kappa shape index (κ3) is 2.36. The SMILES string of the molecule is Fc1cc(F)c(NC2COCc3ccccc32)c(F)c1. The number of anilines is 1. The van der Waals surface area contributed by atoms with Gasteiger partial charge in [-0.05, 0) is 11.1 Å². The average molecular weight is 279 g/mol. The molecule has 2 nitrogen and oxygen atoms in total. The van der Waals surface area contributed by atoms with Crippen molar-refractivity contribution in [2.24, 2.45) is 0 Å². The van der Waals surface area contributed by atoms with Crippen molar-refractivity contribution < 1.29 is 17.9 Å². The highest BCUT2D eigenvalue weighted by Crippen LogP contribution is 2.30. The number of nitrogens with one attached hydrogen (secondary N) is 1. The molecule has 2 aromatic carbocycles. The van der Waals surface area contributed by atoms with E-state index in [2.05, 4.69) is 5.32 Å². The molecule has 0 radical (unpaired) electrons. The molecule has 1 unspecified atom stereocenters. The molecule has 2 aromatic rings. The smallest absolute Gasteiger partial charge is 0.152 e.